The van der Waals surface area contributed by atoms with Crippen molar-refractivity contribution in [2.75, 3.05) is 0 Å². The minimum atomic E-state index is -5.77. The van der Waals surface area contributed by atoms with Crippen LogP contribution in [0.25, 0.3) is 11.1 Å². The Morgan fingerprint density at radius 3 is 1.95 bits per heavy atom. The lowest BCUT2D eigenvalue weighted by Crippen LogP contribution is -2.41. The fourth-order valence-electron chi connectivity index (χ4n) is 1.70. The Kier molecular flexibility index (Phi) is 3.89. The van der Waals surface area contributed by atoms with Crippen molar-refractivity contribution in [1.29, 1.82) is 0 Å². The Morgan fingerprint density at radius 2 is 1.38 bits per heavy atom. The minimum absolute atomic E-state index is 0.455. The maximum atomic E-state index is 12.9. The van der Waals surface area contributed by atoms with E-state index in [1.54, 1.807) is 30.3 Å². The molecule has 0 aliphatic rings. The highest BCUT2D eigenvalue weighted by atomic mass is 19.4. The van der Waals surface area contributed by atoms with Gasteiger partial charge in [0.25, 0.3) is 0 Å². The lowest BCUT2D eigenvalue weighted by molar-refractivity contribution is -0.360. The smallest absolute Gasteiger partial charge is 0.426 e. The molecule has 1 nitrogen and oxygen atoms in total. The molecule has 0 N–H and O–H groups in total. The molecule has 0 fully saturated rings. The molecule has 0 amide bonds. The van der Waals surface area contributed by atoms with Crippen LogP contribution in [-0.4, -0.2) is 12.3 Å². The molecule has 0 heterocycles. The van der Waals surface area contributed by atoms with Gasteiger partial charge >= 0.3 is 12.3 Å². The van der Waals surface area contributed by atoms with Gasteiger partial charge in [0.15, 0.2) is 0 Å². The van der Waals surface area contributed by atoms with Crippen LogP contribution in [0.1, 0.15) is 5.56 Å². The zero-order valence-corrected chi connectivity index (χ0v) is 10.6. The molecular weight excluding hydrogens is 291 g/mol. The van der Waals surface area contributed by atoms with Crippen LogP contribution in [0, 0.1) is 6.92 Å². The summed E-state index contributed by atoms with van der Waals surface area (Å²) in [5, 5.41) is 0. The summed E-state index contributed by atoms with van der Waals surface area (Å²) in [6.07, 6.45) is -11.0. The predicted molar refractivity (Wildman–Crippen MR) is 68.0 cm³/mol. The first-order valence-corrected chi connectivity index (χ1v) is 5.85. The monoisotopic (exact) mass is 301 g/mol. The predicted octanol–water partition coefficient (Wildman–Crippen LogP) is 5.07. The van der Waals surface area contributed by atoms with Crippen LogP contribution >= 0.6 is 0 Å². The molecule has 2 aromatic rings. The van der Waals surface area contributed by atoms with Gasteiger partial charge in [0.2, 0.25) is 0 Å². The highest BCUT2D eigenvalue weighted by Crippen LogP contribution is 2.38. The summed E-state index contributed by atoms with van der Waals surface area (Å²) in [5.41, 5.74) is 1.79. The molecule has 6 heteroatoms. The standard InChI is InChI=1S/C15H10F5O/c1-10-4-2-5-11(8-10)12-6-3-7-13(9-12)21-15(19,20)14(16,17)18/h2-9H,1H2. The molecular formula is C15H10F5O. The molecule has 2 rings (SSSR count). The van der Waals surface area contributed by atoms with E-state index < -0.39 is 18.0 Å². The molecule has 111 valence electrons. The van der Waals surface area contributed by atoms with Crippen LogP contribution < -0.4 is 4.74 Å². The van der Waals surface area contributed by atoms with Crippen molar-refractivity contribution in [3.05, 3.63) is 61.0 Å². The third-order valence-corrected chi connectivity index (χ3v) is 2.67. The Morgan fingerprint density at radius 1 is 0.810 bits per heavy atom. The van der Waals surface area contributed by atoms with Crippen molar-refractivity contribution in [2.24, 2.45) is 0 Å². The van der Waals surface area contributed by atoms with E-state index in [0.29, 0.717) is 16.7 Å². The van der Waals surface area contributed by atoms with E-state index in [4.69, 9.17) is 0 Å². The number of rotatable bonds is 3. The summed E-state index contributed by atoms with van der Waals surface area (Å²) in [4.78, 5) is 0. The van der Waals surface area contributed by atoms with E-state index in [0.717, 1.165) is 12.1 Å². The quantitative estimate of drug-likeness (QED) is 0.719. The van der Waals surface area contributed by atoms with Gasteiger partial charge in [0.05, 0.1) is 0 Å². The van der Waals surface area contributed by atoms with Crippen molar-refractivity contribution in [3.63, 3.8) is 0 Å². The fraction of sp³-hybridized carbons (Fsp3) is 0.133. The van der Waals surface area contributed by atoms with Crippen LogP contribution in [0.3, 0.4) is 0 Å². The van der Waals surface area contributed by atoms with Gasteiger partial charge in [0.1, 0.15) is 5.75 Å². The van der Waals surface area contributed by atoms with Crippen LogP contribution in [0.15, 0.2) is 48.5 Å². The highest BCUT2D eigenvalue weighted by Gasteiger charge is 2.61. The molecule has 0 bridgehead atoms. The van der Waals surface area contributed by atoms with Crippen molar-refractivity contribution >= 4 is 0 Å². The molecule has 21 heavy (non-hydrogen) atoms. The second-order valence-electron chi connectivity index (χ2n) is 4.34. The van der Waals surface area contributed by atoms with Crippen molar-refractivity contribution in [3.8, 4) is 16.9 Å². The van der Waals surface area contributed by atoms with E-state index >= 15 is 0 Å². The Labute approximate surface area is 118 Å². The zero-order chi connectivity index (χ0) is 15.7. The lowest BCUT2D eigenvalue weighted by atomic mass is 10.0. The Bertz CT molecular complexity index is 634. The highest BCUT2D eigenvalue weighted by molar-refractivity contribution is 5.66. The average Bonchev–Trinajstić information content (AvgIpc) is 2.37. The number of alkyl halides is 5. The number of hydrogen-bond acceptors (Lipinski definition) is 1. The summed E-state index contributed by atoms with van der Waals surface area (Å²) in [7, 11) is 0. The minimum Gasteiger partial charge on any atom is -0.426 e. The van der Waals surface area contributed by atoms with Crippen LogP contribution in [0.5, 0.6) is 5.75 Å². The molecule has 0 unspecified atom stereocenters. The first-order chi connectivity index (χ1) is 9.69. The third-order valence-electron chi connectivity index (χ3n) is 2.67. The summed E-state index contributed by atoms with van der Waals surface area (Å²) in [5.74, 6) is -0.565. The molecule has 0 aromatic heterocycles. The van der Waals surface area contributed by atoms with E-state index in [1.165, 1.54) is 6.07 Å². The topological polar surface area (TPSA) is 9.23 Å². The molecule has 0 saturated carbocycles. The van der Waals surface area contributed by atoms with Gasteiger partial charge in [-0.1, -0.05) is 36.4 Å². The molecule has 0 saturated heterocycles. The molecule has 0 atom stereocenters. The van der Waals surface area contributed by atoms with Crippen molar-refractivity contribution in [2.45, 2.75) is 12.3 Å². The first kappa shape index (κ1) is 15.3. The summed E-state index contributed by atoms with van der Waals surface area (Å²) in [6.45, 7) is 3.72. The van der Waals surface area contributed by atoms with Gasteiger partial charge in [-0.3, -0.25) is 0 Å². The second kappa shape index (κ2) is 5.35. The molecule has 1 radical (unpaired) electrons. The number of ether oxygens (including phenoxy) is 1. The molecule has 0 aliphatic heterocycles. The average molecular weight is 301 g/mol. The van der Waals surface area contributed by atoms with Crippen LogP contribution in [0.2, 0.25) is 0 Å². The molecule has 0 spiro atoms. The second-order valence-corrected chi connectivity index (χ2v) is 4.34. The van der Waals surface area contributed by atoms with Crippen molar-refractivity contribution in [1.82, 2.24) is 0 Å². The van der Waals surface area contributed by atoms with Gasteiger partial charge in [-0.25, -0.2) is 0 Å². The van der Waals surface area contributed by atoms with Crippen LogP contribution in [0.4, 0.5) is 22.0 Å². The van der Waals surface area contributed by atoms with Gasteiger partial charge in [-0.15, -0.1) is 0 Å². The van der Waals surface area contributed by atoms with Crippen molar-refractivity contribution < 1.29 is 26.7 Å². The molecule has 0 aliphatic carbocycles. The summed E-state index contributed by atoms with van der Waals surface area (Å²) >= 11 is 0. The van der Waals surface area contributed by atoms with E-state index in [9.17, 15) is 22.0 Å². The fourth-order valence-corrected chi connectivity index (χ4v) is 1.70. The van der Waals surface area contributed by atoms with Gasteiger partial charge in [0, 0.05) is 0 Å². The summed E-state index contributed by atoms with van der Waals surface area (Å²) in [6, 6.07) is 11.9. The van der Waals surface area contributed by atoms with Gasteiger partial charge in [-0.2, -0.15) is 22.0 Å². The number of halogens is 5. The molecule has 2 aromatic carbocycles. The Balaban J connectivity index is 2.31. The number of hydrogen-bond donors (Lipinski definition) is 0. The zero-order valence-electron chi connectivity index (χ0n) is 10.6. The normalized spacial score (nSPS) is 12.3. The van der Waals surface area contributed by atoms with Crippen LogP contribution in [-0.2, 0) is 0 Å². The maximum absolute atomic E-state index is 12.9. The maximum Gasteiger partial charge on any atom is 0.499 e. The first-order valence-electron chi connectivity index (χ1n) is 5.85. The largest absolute Gasteiger partial charge is 0.499 e. The number of benzene rings is 2. The van der Waals surface area contributed by atoms with E-state index in [1.807, 2.05) is 0 Å². The Hall–Kier alpha value is -2.11. The third kappa shape index (κ3) is 3.51. The van der Waals surface area contributed by atoms with Gasteiger partial charge in [-0.05, 0) is 35.7 Å². The van der Waals surface area contributed by atoms with Gasteiger partial charge < -0.3 is 4.74 Å². The van der Waals surface area contributed by atoms with E-state index in [2.05, 4.69) is 11.7 Å². The SMILES string of the molecule is [CH2]c1cccc(-c2cccc(OC(F)(F)C(F)(F)F)c2)c1. The summed E-state index contributed by atoms with van der Waals surface area (Å²) < 4.78 is 65.8. The lowest BCUT2D eigenvalue weighted by Gasteiger charge is -2.20. The van der Waals surface area contributed by atoms with E-state index in [-0.39, 0.29) is 0 Å².